The number of hydrogen-bond donors (Lipinski definition) is 1. The fourth-order valence-electron chi connectivity index (χ4n) is 4.56. The summed E-state index contributed by atoms with van der Waals surface area (Å²) >= 11 is 0. The molecule has 1 aromatic rings. The Bertz CT molecular complexity index is 890. The standard InChI is InChI=1S/C27H44N2O6/c1-3-4-5-6-7-8-9-10-11-12-13-14-15-16-17-22(35-27(32)33)23-18-19-24(34-23)29-20-21(2)25(30)28-26(29)31/h18-20,22-24H,3-17H2,1-2H3,(H,32,33)(H,28,30,31)/p-1/t22?,23-,24+/m0/s1. The molecule has 3 atom stereocenters. The van der Waals surface area contributed by atoms with E-state index in [0.717, 1.165) is 19.3 Å². The Morgan fingerprint density at radius 3 is 2.06 bits per heavy atom. The van der Waals surface area contributed by atoms with Gasteiger partial charge in [-0.2, -0.15) is 0 Å². The molecule has 0 fully saturated rings. The first kappa shape index (κ1) is 28.9. The summed E-state index contributed by atoms with van der Waals surface area (Å²) in [5.41, 5.74) is -0.643. The maximum absolute atomic E-state index is 12.1. The van der Waals surface area contributed by atoms with Gasteiger partial charge in [-0.3, -0.25) is 14.3 Å². The Morgan fingerprint density at radius 1 is 0.971 bits per heavy atom. The Balaban J connectivity index is 1.63. The molecule has 1 aliphatic heterocycles. The topological polar surface area (TPSA) is 113 Å². The van der Waals surface area contributed by atoms with E-state index < -0.39 is 35.8 Å². The van der Waals surface area contributed by atoms with Crippen molar-refractivity contribution in [3.8, 4) is 0 Å². The molecule has 2 rings (SSSR count). The van der Waals surface area contributed by atoms with Crippen molar-refractivity contribution < 1.29 is 19.4 Å². The van der Waals surface area contributed by atoms with Gasteiger partial charge in [0.05, 0.1) is 12.2 Å². The van der Waals surface area contributed by atoms with Crippen LogP contribution in [-0.4, -0.2) is 27.9 Å². The molecule has 1 aromatic heterocycles. The summed E-state index contributed by atoms with van der Waals surface area (Å²) in [4.78, 5) is 37.0. The SMILES string of the molecule is CCCCCCCCCCCCCCCCC(OC(=O)[O-])[C@@H]1C=C[C@H](n2cc(C)c(=O)[nH]c2=O)O1. The highest BCUT2D eigenvalue weighted by Gasteiger charge is 2.28. The van der Waals surface area contributed by atoms with Crippen LogP contribution in [0.3, 0.4) is 0 Å². The van der Waals surface area contributed by atoms with Crippen molar-refractivity contribution in [3.05, 3.63) is 44.8 Å². The first-order valence-electron chi connectivity index (χ1n) is 13.5. The summed E-state index contributed by atoms with van der Waals surface area (Å²) in [6.07, 6.45) is 19.2. The molecular weight excluding hydrogens is 448 g/mol. The van der Waals surface area contributed by atoms with Crippen LogP contribution in [0.5, 0.6) is 0 Å². The van der Waals surface area contributed by atoms with Gasteiger partial charge in [-0.1, -0.05) is 103 Å². The van der Waals surface area contributed by atoms with Crippen molar-refractivity contribution in [1.82, 2.24) is 9.55 Å². The van der Waals surface area contributed by atoms with Crippen molar-refractivity contribution in [1.29, 1.82) is 0 Å². The average Bonchev–Trinajstić information content (AvgIpc) is 3.30. The number of rotatable bonds is 18. The van der Waals surface area contributed by atoms with E-state index in [1.165, 1.54) is 81.4 Å². The molecule has 0 spiro atoms. The Kier molecular flexibility index (Phi) is 13.5. The Hall–Kier alpha value is -2.35. The zero-order valence-corrected chi connectivity index (χ0v) is 21.5. The van der Waals surface area contributed by atoms with Crippen molar-refractivity contribution in [3.63, 3.8) is 0 Å². The van der Waals surface area contributed by atoms with Gasteiger partial charge in [-0.05, 0) is 19.4 Å². The number of aromatic amines is 1. The molecule has 1 unspecified atom stereocenters. The van der Waals surface area contributed by atoms with Gasteiger partial charge in [-0.25, -0.2) is 4.79 Å². The second-order valence-electron chi connectivity index (χ2n) is 9.65. The van der Waals surface area contributed by atoms with Crippen LogP contribution in [0.25, 0.3) is 0 Å². The molecule has 198 valence electrons. The van der Waals surface area contributed by atoms with Crippen molar-refractivity contribution in [2.24, 2.45) is 0 Å². The summed E-state index contributed by atoms with van der Waals surface area (Å²) in [5, 5.41) is 11.1. The molecule has 1 N–H and O–H groups in total. The van der Waals surface area contributed by atoms with E-state index >= 15 is 0 Å². The van der Waals surface area contributed by atoms with Gasteiger partial charge in [0.25, 0.3) is 11.7 Å². The number of nitrogens with one attached hydrogen (secondary N) is 1. The second kappa shape index (κ2) is 16.3. The number of nitrogens with zero attached hydrogens (tertiary/aromatic N) is 1. The molecule has 0 saturated carbocycles. The number of carbonyl (C=O) groups excluding carboxylic acids is 1. The molecule has 0 aromatic carbocycles. The van der Waals surface area contributed by atoms with Crippen LogP contribution in [-0.2, 0) is 9.47 Å². The lowest BCUT2D eigenvalue weighted by Gasteiger charge is -2.28. The fourth-order valence-corrected chi connectivity index (χ4v) is 4.56. The van der Waals surface area contributed by atoms with Crippen molar-refractivity contribution in [2.45, 2.75) is 129 Å². The van der Waals surface area contributed by atoms with E-state index in [0.29, 0.717) is 12.0 Å². The van der Waals surface area contributed by atoms with Crippen LogP contribution >= 0.6 is 0 Å². The molecule has 2 heterocycles. The molecule has 8 nitrogen and oxygen atoms in total. The number of carbonyl (C=O) groups is 1. The number of unbranched alkanes of at least 4 members (excludes halogenated alkanes) is 13. The van der Waals surface area contributed by atoms with E-state index in [1.54, 1.807) is 19.1 Å². The zero-order chi connectivity index (χ0) is 25.5. The third-order valence-electron chi connectivity index (χ3n) is 6.64. The second-order valence-corrected chi connectivity index (χ2v) is 9.65. The summed E-state index contributed by atoms with van der Waals surface area (Å²) in [6.45, 7) is 3.85. The molecule has 8 heteroatoms. The summed E-state index contributed by atoms with van der Waals surface area (Å²) in [5.74, 6) is 0. The minimum absolute atomic E-state index is 0.384. The van der Waals surface area contributed by atoms with Gasteiger partial charge < -0.3 is 19.4 Å². The van der Waals surface area contributed by atoms with Gasteiger partial charge in [0.2, 0.25) is 0 Å². The number of aromatic nitrogens is 2. The summed E-state index contributed by atoms with van der Waals surface area (Å²) in [6, 6.07) is 0. The lowest BCUT2D eigenvalue weighted by Crippen LogP contribution is -2.38. The smallest absolute Gasteiger partial charge is 0.330 e. The number of carboxylic acid groups (broad SMARTS) is 1. The third kappa shape index (κ3) is 10.8. The van der Waals surface area contributed by atoms with Gasteiger partial charge in [0, 0.05) is 11.8 Å². The zero-order valence-electron chi connectivity index (χ0n) is 21.5. The van der Waals surface area contributed by atoms with Crippen LogP contribution < -0.4 is 16.4 Å². The highest BCUT2D eigenvalue weighted by Crippen LogP contribution is 2.26. The highest BCUT2D eigenvalue weighted by molar-refractivity contribution is 5.54. The minimum Gasteiger partial charge on any atom is -0.543 e. The van der Waals surface area contributed by atoms with Crippen molar-refractivity contribution >= 4 is 6.16 Å². The normalized spacial score (nSPS) is 18.1. The van der Waals surface area contributed by atoms with Crippen molar-refractivity contribution in [2.75, 3.05) is 0 Å². The third-order valence-corrected chi connectivity index (χ3v) is 6.64. The maximum Gasteiger partial charge on any atom is 0.330 e. The average molecular weight is 492 g/mol. The van der Waals surface area contributed by atoms with Crippen LogP contribution in [0, 0.1) is 6.92 Å². The van der Waals surface area contributed by atoms with Crippen LogP contribution in [0.15, 0.2) is 27.9 Å². The van der Waals surface area contributed by atoms with E-state index in [4.69, 9.17) is 9.47 Å². The number of aryl methyl sites for hydroxylation is 1. The number of ether oxygens (including phenoxy) is 2. The molecule has 35 heavy (non-hydrogen) atoms. The lowest BCUT2D eigenvalue weighted by molar-refractivity contribution is -0.291. The predicted molar refractivity (Wildman–Crippen MR) is 134 cm³/mol. The Morgan fingerprint density at radius 2 is 1.51 bits per heavy atom. The van der Waals surface area contributed by atoms with Crippen LogP contribution in [0.2, 0.25) is 0 Å². The van der Waals surface area contributed by atoms with Crippen LogP contribution in [0.1, 0.15) is 115 Å². The van der Waals surface area contributed by atoms with E-state index in [9.17, 15) is 19.5 Å². The highest BCUT2D eigenvalue weighted by atomic mass is 16.7. The van der Waals surface area contributed by atoms with Gasteiger partial charge in [0.15, 0.2) is 6.23 Å². The first-order chi connectivity index (χ1) is 16.9. The van der Waals surface area contributed by atoms with Crippen LogP contribution in [0.4, 0.5) is 4.79 Å². The van der Waals surface area contributed by atoms with Gasteiger partial charge >= 0.3 is 5.69 Å². The van der Waals surface area contributed by atoms with Gasteiger partial charge in [0.1, 0.15) is 0 Å². The number of hydrogen-bond acceptors (Lipinski definition) is 6. The quantitative estimate of drug-likeness (QED) is 0.177. The summed E-state index contributed by atoms with van der Waals surface area (Å²) in [7, 11) is 0. The molecule has 1 aliphatic rings. The molecular formula is C27H43N2O6-. The molecule has 0 bridgehead atoms. The first-order valence-corrected chi connectivity index (χ1v) is 13.5. The number of H-pyrrole nitrogens is 1. The molecule has 0 amide bonds. The predicted octanol–water partition coefficient (Wildman–Crippen LogP) is 4.90. The van der Waals surface area contributed by atoms with E-state index in [-0.39, 0.29) is 0 Å². The molecule has 0 radical (unpaired) electrons. The van der Waals surface area contributed by atoms with Gasteiger partial charge in [-0.15, -0.1) is 0 Å². The maximum atomic E-state index is 12.1. The monoisotopic (exact) mass is 491 g/mol. The fraction of sp³-hybridized carbons (Fsp3) is 0.741. The minimum atomic E-state index is -1.59. The van der Waals surface area contributed by atoms with E-state index in [1.807, 2.05) is 0 Å². The lowest BCUT2D eigenvalue weighted by atomic mass is 10.0. The Labute approximate surface area is 208 Å². The molecule has 0 saturated heterocycles. The molecule has 0 aliphatic carbocycles. The van der Waals surface area contributed by atoms with E-state index in [2.05, 4.69) is 11.9 Å². The largest absolute Gasteiger partial charge is 0.543 e. The summed E-state index contributed by atoms with van der Waals surface area (Å²) < 4.78 is 12.1.